The maximum atomic E-state index is 3.53. The van der Waals surface area contributed by atoms with Gasteiger partial charge in [0.2, 0.25) is 0 Å². The highest BCUT2D eigenvalue weighted by atomic mass is 32.2. The number of nitrogens with zero attached hydrogens (tertiary/aromatic N) is 1. The molecule has 2 heterocycles. The molecule has 0 saturated carbocycles. The molecule has 2 aliphatic heterocycles. The molecule has 0 radical (unpaired) electrons. The van der Waals surface area contributed by atoms with Crippen LogP contribution in [0.1, 0.15) is 20.3 Å². The third-order valence-corrected chi connectivity index (χ3v) is 5.35. The second kappa shape index (κ2) is 5.07. The predicted octanol–water partition coefficient (Wildman–Crippen LogP) is 1.67. The van der Waals surface area contributed by atoms with Crippen LogP contribution < -0.4 is 5.32 Å². The third-order valence-electron chi connectivity index (χ3n) is 4.27. The van der Waals surface area contributed by atoms with Gasteiger partial charge in [-0.25, -0.2) is 0 Å². The van der Waals surface area contributed by atoms with Crippen molar-refractivity contribution in [3.63, 3.8) is 0 Å². The molecule has 2 aliphatic rings. The van der Waals surface area contributed by atoms with Gasteiger partial charge in [-0.2, -0.15) is 11.8 Å². The van der Waals surface area contributed by atoms with Crippen molar-refractivity contribution in [3.05, 3.63) is 0 Å². The Hall–Kier alpha value is 0.270. The molecule has 2 nitrogen and oxygen atoms in total. The van der Waals surface area contributed by atoms with Gasteiger partial charge in [0.1, 0.15) is 0 Å². The van der Waals surface area contributed by atoms with Gasteiger partial charge in [-0.15, -0.1) is 0 Å². The maximum Gasteiger partial charge on any atom is 0.0351 e. The molecule has 0 spiro atoms. The summed E-state index contributed by atoms with van der Waals surface area (Å²) in [4.78, 5) is 2.73. The van der Waals surface area contributed by atoms with E-state index in [4.69, 9.17) is 0 Å². The Bertz CT molecular complexity index is 210. The summed E-state index contributed by atoms with van der Waals surface area (Å²) in [6.07, 6.45) is 3.64. The molecular formula is C12H24N2S. The summed E-state index contributed by atoms with van der Waals surface area (Å²) in [6, 6.07) is 0.787. The summed E-state index contributed by atoms with van der Waals surface area (Å²) in [6.45, 7) is 9.84. The first kappa shape index (κ1) is 11.7. The summed E-state index contributed by atoms with van der Waals surface area (Å²) in [5.74, 6) is 1.80. The topological polar surface area (TPSA) is 15.3 Å². The Kier molecular flexibility index (Phi) is 3.97. The van der Waals surface area contributed by atoms with Gasteiger partial charge in [-0.1, -0.05) is 13.8 Å². The standard InChI is InChI=1S/C12H24N2S/c1-9-4-5-14(8-10(9)2)11-6-13-7-12(11)15-3/h9-13H,4-8H2,1-3H3. The molecule has 0 aromatic rings. The summed E-state index contributed by atoms with van der Waals surface area (Å²) in [7, 11) is 0. The largest absolute Gasteiger partial charge is 0.314 e. The van der Waals surface area contributed by atoms with Crippen molar-refractivity contribution in [2.75, 3.05) is 32.4 Å². The van der Waals surface area contributed by atoms with Crippen molar-refractivity contribution in [1.29, 1.82) is 0 Å². The van der Waals surface area contributed by atoms with E-state index in [1.807, 2.05) is 11.8 Å². The quantitative estimate of drug-likeness (QED) is 0.774. The maximum absolute atomic E-state index is 3.53. The van der Waals surface area contributed by atoms with Gasteiger partial charge < -0.3 is 5.32 Å². The van der Waals surface area contributed by atoms with Crippen LogP contribution in [-0.4, -0.2) is 48.6 Å². The molecule has 88 valence electrons. The fourth-order valence-electron chi connectivity index (χ4n) is 2.84. The predicted molar refractivity (Wildman–Crippen MR) is 68.5 cm³/mol. The van der Waals surface area contributed by atoms with E-state index in [0.29, 0.717) is 0 Å². The summed E-state index contributed by atoms with van der Waals surface area (Å²) < 4.78 is 0. The highest BCUT2D eigenvalue weighted by molar-refractivity contribution is 7.99. The van der Waals surface area contributed by atoms with Crippen LogP contribution in [0.15, 0.2) is 0 Å². The first-order valence-electron chi connectivity index (χ1n) is 6.20. The number of nitrogens with one attached hydrogen (secondary N) is 1. The van der Waals surface area contributed by atoms with Crippen molar-refractivity contribution in [1.82, 2.24) is 10.2 Å². The van der Waals surface area contributed by atoms with E-state index in [1.54, 1.807) is 0 Å². The zero-order valence-corrected chi connectivity index (χ0v) is 11.0. The summed E-state index contributed by atoms with van der Waals surface area (Å²) >= 11 is 2.03. The first-order chi connectivity index (χ1) is 7.22. The molecule has 0 aromatic heterocycles. The van der Waals surface area contributed by atoms with Crippen LogP contribution >= 0.6 is 11.8 Å². The Morgan fingerprint density at radius 3 is 2.67 bits per heavy atom. The second-order valence-corrected chi connectivity index (χ2v) is 6.31. The van der Waals surface area contributed by atoms with Crippen LogP contribution in [0.4, 0.5) is 0 Å². The third kappa shape index (κ3) is 2.51. The molecule has 0 aromatic carbocycles. The van der Waals surface area contributed by atoms with Gasteiger partial charge in [-0.05, 0) is 31.1 Å². The number of piperidine rings is 1. The molecule has 15 heavy (non-hydrogen) atoms. The molecule has 0 aliphatic carbocycles. The van der Waals surface area contributed by atoms with E-state index in [-0.39, 0.29) is 0 Å². The monoisotopic (exact) mass is 228 g/mol. The lowest BCUT2D eigenvalue weighted by Crippen LogP contribution is -2.48. The number of rotatable bonds is 2. The van der Waals surface area contributed by atoms with Crippen molar-refractivity contribution < 1.29 is 0 Å². The number of hydrogen-bond donors (Lipinski definition) is 1. The molecule has 2 saturated heterocycles. The second-order valence-electron chi connectivity index (χ2n) is 5.24. The Labute approximate surface area is 98.2 Å². The van der Waals surface area contributed by atoms with Gasteiger partial charge in [0.05, 0.1) is 0 Å². The van der Waals surface area contributed by atoms with Crippen LogP contribution in [0.25, 0.3) is 0 Å². The van der Waals surface area contributed by atoms with Crippen LogP contribution in [0, 0.1) is 11.8 Å². The number of hydrogen-bond acceptors (Lipinski definition) is 3. The first-order valence-corrected chi connectivity index (χ1v) is 7.48. The van der Waals surface area contributed by atoms with E-state index in [9.17, 15) is 0 Å². The van der Waals surface area contributed by atoms with E-state index < -0.39 is 0 Å². The number of likely N-dealkylation sites (tertiary alicyclic amines) is 1. The fourth-order valence-corrected chi connectivity index (χ4v) is 3.71. The lowest BCUT2D eigenvalue weighted by atomic mass is 9.88. The Balaban J connectivity index is 1.93. The van der Waals surface area contributed by atoms with Crippen LogP contribution in [0.5, 0.6) is 0 Å². The Morgan fingerprint density at radius 1 is 1.20 bits per heavy atom. The van der Waals surface area contributed by atoms with Crippen molar-refractivity contribution in [2.24, 2.45) is 11.8 Å². The number of thioether (sulfide) groups is 1. The highest BCUT2D eigenvalue weighted by Gasteiger charge is 2.34. The molecular weight excluding hydrogens is 204 g/mol. The average Bonchev–Trinajstić information content (AvgIpc) is 2.70. The summed E-state index contributed by atoms with van der Waals surface area (Å²) in [5, 5.41) is 4.34. The summed E-state index contributed by atoms with van der Waals surface area (Å²) in [5.41, 5.74) is 0. The zero-order valence-electron chi connectivity index (χ0n) is 10.2. The zero-order chi connectivity index (χ0) is 10.8. The van der Waals surface area contributed by atoms with Crippen molar-refractivity contribution in [3.8, 4) is 0 Å². The van der Waals surface area contributed by atoms with E-state index in [0.717, 1.165) is 23.1 Å². The lowest BCUT2D eigenvalue weighted by Gasteiger charge is -2.40. The molecule has 2 fully saturated rings. The van der Waals surface area contributed by atoms with Crippen LogP contribution in [-0.2, 0) is 0 Å². The fraction of sp³-hybridized carbons (Fsp3) is 1.00. The molecule has 4 atom stereocenters. The molecule has 2 rings (SSSR count). The molecule has 0 amide bonds. The van der Waals surface area contributed by atoms with Gasteiger partial charge in [0.25, 0.3) is 0 Å². The minimum atomic E-state index is 0.787. The Morgan fingerprint density at radius 2 is 2.00 bits per heavy atom. The van der Waals surface area contributed by atoms with Gasteiger partial charge >= 0.3 is 0 Å². The van der Waals surface area contributed by atoms with E-state index in [1.165, 1.54) is 32.6 Å². The van der Waals surface area contributed by atoms with Gasteiger partial charge in [0, 0.05) is 30.9 Å². The van der Waals surface area contributed by atoms with Gasteiger partial charge in [-0.3, -0.25) is 4.90 Å². The highest BCUT2D eigenvalue weighted by Crippen LogP contribution is 2.28. The van der Waals surface area contributed by atoms with Gasteiger partial charge in [0.15, 0.2) is 0 Å². The lowest BCUT2D eigenvalue weighted by molar-refractivity contribution is 0.105. The smallest absolute Gasteiger partial charge is 0.0351 e. The van der Waals surface area contributed by atoms with E-state index >= 15 is 0 Å². The normalized spacial score (nSPS) is 43.4. The minimum Gasteiger partial charge on any atom is -0.314 e. The molecule has 4 unspecified atom stereocenters. The molecule has 1 N–H and O–H groups in total. The van der Waals surface area contributed by atoms with Crippen LogP contribution in [0.2, 0.25) is 0 Å². The van der Waals surface area contributed by atoms with Crippen molar-refractivity contribution in [2.45, 2.75) is 31.6 Å². The van der Waals surface area contributed by atoms with E-state index in [2.05, 4.69) is 30.3 Å². The SMILES string of the molecule is CSC1CNCC1N1CCC(C)C(C)C1. The molecule has 3 heteroatoms. The minimum absolute atomic E-state index is 0.787. The van der Waals surface area contributed by atoms with Crippen molar-refractivity contribution >= 4 is 11.8 Å². The average molecular weight is 228 g/mol. The molecule has 0 bridgehead atoms. The van der Waals surface area contributed by atoms with Crippen LogP contribution in [0.3, 0.4) is 0 Å².